The van der Waals surface area contributed by atoms with Crippen LogP contribution < -0.4 is 0 Å². The molecule has 0 spiro atoms. The van der Waals surface area contributed by atoms with E-state index in [9.17, 15) is 0 Å². The van der Waals surface area contributed by atoms with E-state index in [-0.39, 0.29) is 0 Å². The van der Waals surface area contributed by atoms with Gasteiger partial charge in [0.25, 0.3) is 0 Å². The molecule has 0 fully saturated rings. The lowest BCUT2D eigenvalue weighted by Gasteiger charge is -2.18. The molecule has 226 valence electrons. The van der Waals surface area contributed by atoms with Gasteiger partial charge in [0.1, 0.15) is 0 Å². The molecule has 0 N–H and O–H groups in total. The van der Waals surface area contributed by atoms with E-state index in [4.69, 9.17) is 0 Å². The van der Waals surface area contributed by atoms with Gasteiger partial charge < -0.3 is 4.57 Å². The molecule has 49 heavy (non-hydrogen) atoms. The predicted molar refractivity (Wildman–Crippen MR) is 210 cm³/mol. The van der Waals surface area contributed by atoms with Gasteiger partial charge in [-0.2, -0.15) is 0 Å². The first kappa shape index (κ1) is 26.6. The van der Waals surface area contributed by atoms with Crippen LogP contribution in [0, 0.1) is 0 Å². The summed E-state index contributed by atoms with van der Waals surface area (Å²) in [6, 6.07) is 65.0. The zero-order valence-corrected chi connectivity index (χ0v) is 26.7. The molecule has 0 aliphatic carbocycles. The Kier molecular flexibility index (Phi) is 5.45. The Hall–Kier alpha value is -6.44. The summed E-state index contributed by atoms with van der Waals surface area (Å²) in [4.78, 5) is 0. The van der Waals surface area contributed by atoms with Gasteiger partial charge in [-0.1, -0.05) is 140 Å². The lowest BCUT2D eigenvalue weighted by atomic mass is 9.86. The minimum Gasteiger partial charge on any atom is -0.309 e. The van der Waals surface area contributed by atoms with Crippen molar-refractivity contribution in [3.63, 3.8) is 0 Å². The molecule has 1 nitrogen and oxygen atoms in total. The zero-order chi connectivity index (χ0) is 32.1. The molecule has 11 rings (SSSR count). The van der Waals surface area contributed by atoms with Crippen LogP contribution in [0.4, 0.5) is 0 Å². The van der Waals surface area contributed by atoms with E-state index in [0.717, 1.165) is 0 Å². The average molecular weight is 620 g/mol. The molecular weight excluding hydrogens is 591 g/mol. The van der Waals surface area contributed by atoms with Crippen molar-refractivity contribution in [2.75, 3.05) is 0 Å². The molecule has 0 amide bonds. The topological polar surface area (TPSA) is 4.93 Å². The average Bonchev–Trinajstić information content (AvgIpc) is 3.51. The molecule has 0 radical (unpaired) electrons. The van der Waals surface area contributed by atoms with E-state index in [1.165, 1.54) is 104 Å². The Morgan fingerprint density at radius 1 is 0.245 bits per heavy atom. The Morgan fingerprint density at radius 3 is 1.18 bits per heavy atom. The summed E-state index contributed by atoms with van der Waals surface area (Å²) in [5.41, 5.74) is 8.51. The van der Waals surface area contributed by atoms with Crippen LogP contribution in [-0.2, 0) is 0 Å². The first-order valence-electron chi connectivity index (χ1n) is 17.0. The van der Waals surface area contributed by atoms with Crippen molar-refractivity contribution in [2.45, 2.75) is 0 Å². The molecule has 1 aromatic heterocycles. The third-order valence-electron chi connectivity index (χ3n) is 10.7. The van der Waals surface area contributed by atoms with E-state index in [1.807, 2.05) is 0 Å². The second kappa shape index (κ2) is 10.0. The van der Waals surface area contributed by atoms with Crippen molar-refractivity contribution >= 4 is 75.7 Å². The Labute approximate surface area is 283 Å². The number of rotatable bonds is 3. The van der Waals surface area contributed by atoms with Crippen LogP contribution in [0.1, 0.15) is 0 Å². The van der Waals surface area contributed by atoms with E-state index < -0.39 is 0 Å². The van der Waals surface area contributed by atoms with Gasteiger partial charge in [-0.25, -0.2) is 0 Å². The third-order valence-corrected chi connectivity index (χ3v) is 10.7. The first-order chi connectivity index (χ1) is 24.3. The highest BCUT2D eigenvalue weighted by atomic mass is 15.0. The quantitative estimate of drug-likeness (QED) is 0.137. The lowest BCUT2D eigenvalue weighted by Crippen LogP contribution is -1.95. The van der Waals surface area contributed by atoms with Crippen LogP contribution in [0.2, 0.25) is 0 Å². The van der Waals surface area contributed by atoms with Gasteiger partial charge in [-0.05, 0) is 113 Å². The highest BCUT2D eigenvalue weighted by molar-refractivity contribution is 6.40. The maximum Gasteiger partial charge on any atom is 0.0541 e. The molecule has 0 atom stereocenters. The largest absolute Gasteiger partial charge is 0.309 e. The number of fused-ring (bicyclic) bond motifs is 9. The van der Waals surface area contributed by atoms with Gasteiger partial charge in [0.05, 0.1) is 11.0 Å². The van der Waals surface area contributed by atoms with Crippen LogP contribution in [0.25, 0.3) is 104 Å². The summed E-state index contributed by atoms with van der Waals surface area (Å²) in [5.74, 6) is 0. The zero-order valence-electron chi connectivity index (χ0n) is 26.7. The van der Waals surface area contributed by atoms with Crippen molar-refractivity contribution in [1.29, 1.82) is 0 Å². The minimum atomic E-state index is 1.17. The summed E-state index contributed by atoms with van der Waals surface area (Å²) >= 11 is 0. The summed E-state index contributed by atoms with van der Waals surface area (Å²) in [5, 5.41) is 15.7. The molecule has 1 heterocycles. The van der Waals surface area contributed by atoms with Crippen LogP contribution in [0.3, 0.4) is 0 Å². The minimum absolute atomic E-state index is 1.17. The Bertz CT molecular complexity index is 2980. The molecule has 0 bridgehead atoms. The highest BCUT2D eigenvalue weighted by Crippen LogP contribution is 2.45. The molecule has 0 saturated carbocycles. The SMILES string of the molecule is c1ccc(-c2ccc3c(c2)c2cc(-c4ccccc4)ccc2n3-c2ccc3c(c2)c2cccc4c5ccccc5c5cccc3c5c42)cc1. The maximum atomic E-state index is 2.46. The van der Waals surface area contributed by atoms with E-state index in [0.29, 0.717) is 0 Å². The Morgan fingerprint density at radius 2 is 0.673 bits per heavy atom. The van der Waals surface area contributed by atoms with E-state index in [2.05, 4.69) is 180 Å². The van der Waals surface area contributed by atoms with Gasteiger partial charge >= 0.3 is 0 Å². The van der Waals surface area contributed by atoms with Crippen LogP contribution >= 0.6 is 0 Å². The number of hydrogen-bond donors (Lipinski definition) is 0. The fourth-order valence-electron chi connectivity index (χ4n) is 8.54. The predicted octanol–water partition coefficient (Wildman–Crippen LogP) is 13.3. The lowest BCUT2D eigenvalue weighted by molar-refractivity contribution is 1.19. The highest BCUT2D eigenvalue weighted by Gasteiger charge is 2.19. The van der Waals surface area contributed by atoms with Crippen molar-refractivity contribution in [3.8, 4) is 27.9 Å². The molecule has 0 aliphatic rings. The maximum absolute atomic E-state index is 2.46. The molecule has 0 aliphatic heterocycles. The van der Waals surface area contributed by atoms with Gasteiger partial charge in [0, 0.05) is 16.5 Å². The number of aromatic nitrogens is 1. The van der Waals surface area contributed by atoms with Crippen LogP contribution in [-0.4, -0.2) is 4.57 Å². The van der Waals surface area contributed by atoms with Crippen molar-refractivity contribution in [3.05, 3.63) is 176 Å². The standard InChI is InChI=1S/C48H29N/c1-3-11-30(12-4-1)32-21-25-45-43(27-32)44-28-33(31-13-5-2-6-14-31)22-26-46(44)49(45)34-23-24-37-40-19-9-17-38-35-15-7-8-16-36(35)39-18-10-20-41(42(37)29-34)48(39)47(38)40/h1-29H. The molecular formula is C48H29N. The molecule has 0 saturated heterocycles. The summed E-state index contributed by atoms with van der Waals surface area (Å²) in [6.07, 6.45) is 0. The fourth-order valence-corrected chi connectivity index (χ4v) is 8.54. The van der Waals surface area contributed by atoms with Crippen molar-refractivity contribution in [1.82, 2.24) is 4.57 Å². The van der Waals surface area contributed by atoms with Crippen LogP contribution in [0.15, 0.2) is 176 Å². The van der Waals surface area contributed by atoms with Crippen molar-refractivity contribution in [2.24, 2.45) is 0 Å². The second-order valence-corrected chi connectivity index (χ2v) is 13.3. The van der Waals surface area contributed by atoms with Gasteiger partial charge in [-0.3, -0.25) is 0 Å². The fraction of sp³-hybridized carbons (Fsp3) is 0. The van der Waals surface area contributed by atoms with Gasteiger partial charge in [-0.15, -0.1) is 0 Å². The summed E-state index contributed by atoms with van der Waals surface area (Å²) in [6.45, 7) is 0. The molecule has 10 aromatic carbocycles. The monoisotopic (exact) mass is 619 g/mol. The number of hydrogen-bond acceptors (Lipinski definition) is 0. The van der Waals surface area contributed by atoms with Crippen LogP contribution in [0.5, 0.6) is 0 Å². The molecule has 11 aromatic rings. The van der Waals surface area contributed by atoms with Gasteiger partial charge in [0.2, 0.25) is 0 Å². The Balaban J connectivity index is 1.24. The van der Waals surface area contributed by atoms with E-state index >= 15 is 0 Å². The molecule has 1 heteroatoms. The van der Waals surface area contributed by atoms with E-state index in [1.54, 1.807) is 0 Å². The summed E-state index contributed by atoms with van der Waals surface area (Å²) < 4.78 is 2.46. The normalized spacial score (nSPS) is 12.1. The smallest absolute Gasteiger partial charge is 0.0541 e. The third kappa shape index (κ3) is 3.76. The first-order valence-corrected chi connectivity index (χ1v) is 17.0. The van der Waals surface area contributed by atoms with Crippen molar-refractivity contribution < 1.29 is 0 Å². The number of nitrogens with zero attached hydrogens (tertiary/aromatic N) is 1. The van der Waals surface area contributed by atoms with Gasteiger partial charge in [0.15, 0.2) is 0 Å². The second-order valence-electron chi connectivity index (χ2n) is 13.3. The molecule has 0 unspecified atom stereocenters. The summed E-state index contributed by atoms with van der Waals surface area (Å²) in [7, 11) is 0. The number of benzene rings is 10.